The van der Waals surface area contributed by atoms with Gasteiger partial charge in [0.05, 0.1) is 0 Å². The molecule has 0 bridgehead atoms. The van der Waals surface area contributed by atoms with Crippen molar-refractivity contribution < 1.29 is 0 Å². The summed E-state index contributed by atoms with van der Waals surface area (Å²) in [5.41, 5.74) is 16.6. The third-order valence-electron chi connectivity index (χ3n) is 9.13. The van der Waals surface area contributed by atoms with Gasteiger partial charge in [0.15, 0.2) is 0 Å². The summed E-state index contributed by atoms with van der Waals surface area (Å²) >= 11 is 0. The number of para-hydroxylation sites is 2. The Kier molecular flexibility index (Phi) is 10.3. The predicted octanol–water partition coefficient (Wildman–Crippen LogP) is 14.2. The quantitative estimate of drug-likeness (QED) is 0.133. The molecule has 0 fully saturated rings. The summed E-state index contributed by atoms with van der Waals surface area (Å²) in [4.78, 5) is 4.64. The van der Waals surface area contributed by atoms with Gasteiger partial charge in [-0.05, 0) is 145 Å². The number of hydrogen-bond acceptors (Lipinski definition) is 2. The number of anilines is 6. The maximum absolute atomic E-state index is 2.32. The third-order valence-corrected chi connectivity index (χ3v) is 9.13. The van der Waals surface area contributed by atoms with Crippen LogP contribution in [0.3, 0.4) is 0 Å². The Bertz CT molecular complexity index is 2090. The molecule has 0 aliphatic carbocycles. The summed E-state index contributed by atoms with van der Waals surface area (Å²) in [6.07, 6.45) is 8.70. The molecule has 0 aliphatic rings. The van der Waals surface area contributed by atoms with Gasteiger partial charge in [0.25, 0.3) is 0 Å². The Morgan fingerprint density at radius 2 is 0.519 bits per heavy atom. The Labute approximate surface area is 309 Å². The molecule has 254 valence electrons. The second-order valence-corrected chi connectivity index (χ2v) is 13.6. The molecule has 2 heteroatoms. The Morgan fingerprint density at radius 1 is 0.269 bits per heavy atom. The van der Waals surface area contributed by atoms with Crippen molar-refractivity contribution in [2.45, 2.75) is 27.7 Å². The van der Waals surface area contributed by atoms with Crippen molar-refractivity contribution in [2.75, 3.05) is 9.80 Å². The highest BCUT2D eigenvalue weighted by Crippen LogP contribution is 2.37. The van der Waals surface area contributed by atoms with Gasteiger partial charge in [0, 0.05) is 34.1 Å². The van der Waals surface area contributed by atoms with E-state index in [1.54, 1.807) is 0 Å². The number of aryl methyl sites for hydroxylation is 4. The summed E-state index contributed by atoms with van der Waals surface area (Å²) in [7, 11) is 0. The molecular formula is C50H44N2. The molecule has 0 heterocycles. The molecule has 0 saturated heterocycles. The first-order valence-electron chi connectivity index (χ1n) is 17.9. The summed E-state index contributed by atoms with van der Waals surface area (Å²) < 4.78 is 0. The van der Waals surface area contributed by atoms with E-state index in [1.165, 1.54) is 44.8 Å². The molecule has 0 unspecified atom stereocenters. The molecular weight excluding hydrogens is 629 g/mol. The smallest absolute Gasteiger partial charge is 0.0466 e. The molecule has 0 N–H and O–H groups in total. The van der Waals surface area contributed by atoms with Crippen LogP contribution >= 0.6 is 0 Å². The zero-order valence-corrected chi connectivity index (χ0v) is 30.4. The average Bonchev–Trinajstić information content (AvgIpc) is 3.15. The van der Waals surface area contributed by atoms with Crippen LogP contribution in [0, 0.1) is 27.7 Å². The van der Waals surface area contributed by atoms with E-state index in [1.807, 2.05) is 0 Å². The van der Waals surface area contributed by atoms with E-state index in [-0.39, 0.29) is 0 Å². The van der Waals surface area contributed by atoms with Crippen molar-refractivity contribution >= 4 is 58.4 Å². The minimum Gasteiger partial charge on any atom is -0.310 e. The molecule has 52 heavy (non-hydrogen) atoms. The molecule has 0 saturated carbocycles. The topological polar surface area (TPSA) is 6.48 Å². The maximum atomic E-state index is 2.32. The first kappa shape index (κ1) is 34.1. The van der Waals surface area contributed by atoms with E-state index < -0.39 is 0 Å². The largest absolute Gasteiger partial charge is 0.310 e. The summed E-state index contributed by atoms with van der Waals surface area (Å²) in [5, 5.41) is 0. The lowest BCUT2D eigenvalue weighted by molar-refractivity contribution is 1.25. The van der Waals surface area contributed by atoms with Crippen LogP contribution in [0.25, 0.3) is 24.3 Å². The normalized spacial score (nSPS) is 11.3. The van der Waals surface area contributed by atoms with Gasteiger partial charge in [-0.3, -0.25) is 0 Å². The average molecular weight is 673 g/mol. The van der Waals surface area contributed by atoms with Gasteiger partial charge in [0.1, 0.15) is 0 Å². The number of nitrogens with zero attached hydrogens (tertiary/aromatic N) is 2. The minimum absolute atomic E-state index is 1.13. The van der Waals surface area contributed by atoms with Gasteiger partial charge in [-0.2, -0.15) is 0 Å². The highest BCUT2D eigenvalue weighted by Gasteiger charge is 2.14. The molecule has 0 aliphatic heterocycles. The van der Waals surface area contributed by atoms with Crippen molar-refractivity contribution in [3.8, 4) is 0 Å². The van der Waals surface area contributed by atoms with Crippen LogP contribution in [0.1, 0.15) is 44.5 Å². The van der Waals surface area contributed by atoms with E-state index in [9.17, 15) is 0 Å². The maximum Gasteiger partial charge on any atom is 0.0466 e. The molecule has 0 amide bonds. The SMILES string of the molecule is Cc1cc(C)cc(N(c2ccccc2)c2ccc(/C=C/c3ccc(/C=C/c4ccc(N(c5ccccc5)c5cc(C)cc(C)c5)cc4)cc3)cc2)c1. The van der Waals surface area contributed by atoms with E-state index in [0.717, 1.165) is 33.9 Å². The molecule has 7 aromatic carbocycles. The Morgan fingerprint density at radius 3 is 0.808 bits per heavy atom. The van der Waals surface area contributed by atoms with Gasteiger partial charge in [0.2, 0.25) is 0 Å². The second-order valence-electron chi connectivity index (χ2n) is 13.6. The zero-order chi connectivity index (χ0) is 35.9. The van der Waals surface area contributed by atoms with Crippen LogP contribution in [0.15, 0.2) is 170 Å². The number of rotatable bonds is 10. The fourth-order valence-electron chi connectivity index (χ4n) is 6.78. The van der Waals surface area contributed by atoms with Gasteiger partial charge >= 0.3 is 0 Å². The van der Waals surface area contributed by atoms with Crippen molar-refractivity contribution in [1.82, 2.24) is 0 Å². The first-order chi connectivity index (χ1) is 25.4. The molecule has 0 atom stereocenters. The number of hydrogen-bond donors (Lipinski definition) is 0. The molecule has 0 radical (unpaired) electrons. The highest BCUT2D eigenvalue weighted by molar-refractivity contribution is 5.80. The van der Waals surface area contributed by atoms with Crippen LogP contribution in [0.5, 0.6) is 0 Å². The highest BCUT2D eigenvalue weighted by atomic mass is 15.1. The molecule has 7 rings (SSSR count). The van der Waals surface area contributed by atoms with Crippen molar-refractivity contribution in [3.63, 3.8) is 0 Å². The van der Waals surface area contributed by atoms with Crippen LogP contribution < -0.4 is 9.80 Å². The number of benzene rings is 7. The van der Waals surface area contributed by atoms with Crippen LogP contribution in [0.2, 0.25) is 0 Å². The lowest BCUT2D eigenvalue weighted by Crippen LogP contribution is -2.10. The predicted molar refractivity (Wildman–Crippen MR) is 225 cm³/mol. The Balaban J connectivity index is 1.03. The summed E-state index contributed by atoms with van der Waals surface area (Å²) in [5.74, 6) is 0. The third kappa shape index (κ3) is 8.31. The summed E-state index contributed by atoms with van der Waals surface area (Å²) in [6.45, 7) is 8.62. The monoisotopic (exact) mass is 672 g/mol. The van der Waals surface area contributed by atoms with Gasteiger partial charge in [-0.15, -0.1) is 0 Å². The second kappa shape index (κ2) is 15.7. The van der Waals surface area contributed by atoms with E-state index in [2.05, 4.69) is 232 Å². The molecule has 0 aromatic heterocycles. The minimum atomic E-state index is 1.13. The lowest BCUT2D eigenvalue weighted by Gasteiger charge is -2.26. The van der Waals surface area contributed by atoms with Crippen molar-refractivity contribution in [1.29, 1.82) is 0 Å². The Hall–Kier alpha value is -6.38. The van der Waals surface area contributed by atoms with E-state index in [0.29, 0.717) is 0 Å². The van der Waals surface area contributed by atoms with Crippen LogP contribution in [0.4, 0.5) is 34.1 Å². The van der Waals surface area contributed by atoms with E-state index in [4.69, 9.17) is 0 Å². The van der Waals surface area contributed by atoms with Crippen LogP contribution in [-0.2, 0) is 0 Å². The standard InChI is InChI=1S/C50H44N2/c1-37-31-38(2)34-49(33-37)51(45-11-7-5-8-12-45)47-27-23-43(24-28-47)21-19-41-15-17-42(18-16-41)20-22-44-25-29-48(30-26-44)52(46-13-9-6-10-14-46)50-35-39(3)32-40(4)36-50/h5-36H,1-4H3/b21-19+,22-20+. The fourth-order valence-corrected chi connectivity index (χ4v) is 6.78. The first-order valence-corrected chi connectivity index (χ1v) is 17.9. The molecule has 2 nitrogen and oxygen atoms in total. The van der Waals surface area contributed by atoms with Crippen LogP contribution in [-0.4, -0.2) is 0 Å². The molecule has 7 aromatic rings. The molecule has 0 spiro atoms. The van der Waals surface area contributed by atoms with Crippen molar-refractivity contribution in [2.24, 2.45) is 0 Å². The lowest BCUT2D eigenvalue weighted by atomic mass is 10.1. The van der Waals surface area contributed by atoms with Gasteiger partial charge in [-0.1, -0.05) is 121 Å². The van der Waals surface area contributed by atoms with E-state index >= 15 is 0 Å². The summed E-state index contributed by atoms with van der Waals surface area (Å²) in [6, 6.07) is 60.8. The van der Waals surface area contributed by atoms with Gasteiger partial charge in [-0.25, -0.2) is 0 Å². The van der Waals surface area contributed by atoms with Gasteiger partial charge < -0.3 is 9.80 Å². The van der Waals surface area contributed by atoms with Crippen molar-refractivity contribution in [3.05, 3.63) is 214 Å². The fraction of sp³-hybridized carbons (Fsp3) is 0.0800. The zero-order valence-electron chi connectivity index (χ0n) is 30.4.